The summed E-state index contributed by atoms with van der Waals surface area (Å²) < 4.78 is 0. The van der Waals surface area contributed by atoms with Gasteiger partial charge in [-0.2, -0.15) is 0 Å². The summed E-state index contributed by atoms with van der Waals surface area (Å²) in [5, 5.41) is 4.09. The van der Waals surface area contributed by atoms with E-state index in [0.29, 0.717) is 0 Å². The van der Waals surface area contributed by atoms with Gasteiger partial charge >= 0.3 is 0 Å². The van der Waals surface area contributed by atoms with Crippen LogP contribution in [0.3, 0.4) is 0 Å². The minimum Gasteiger partial charge on any atom is -0.355 e. The summed E-state index contributed by atoms with van der Waals surface area (Å²) in [7, 11) is 2.03. The molecule has 0 fully saturated rings. The van der Waals surface area contributed by atoms with Crippen molar-refractivity contribution in [3.05, 3.63) is 76.6 Å². The van der Waals surface area contributed by atoms with E-state index in [2.05, 4.69) is 32.3 Å². The van der Waals surface area contributed by atoms with Gasteiger partial charge in [0.25, 0.3) is 0 Å². The lowest BCUT2D eigenvalue weighted by Gasteiger charge is -2.20. The molecular weight excluding hydrogens is 332 g/mol. The Morgan fingerprint density at radius 1 is 1.00 bits per heavy atom. The number of hydrogen-bond donors (Lipinski definition) is 1. The molecular formula is C20H21ClN4. The van der Waals surface area contributed by atoms with E-state index < -0.39 is 0 Å². The van der Waals surface area contributed by atoms with Gasteiger partial charge in [-0.1, -0.05) is 41.9 Å². The van der Waals surface area contributed by atoms with Gasteiger partial charge in [-0.25, -0.2) is 9.97 Å². The summed E-state index contributed by atoms with van der Waals surface area (Å²) in [6.45, 7) is 4.71. The van der Waals surface area contributed by atoms with Crippen LogP contribution in [0.25, 0.3) is 0 Å². The molecule has 1 N–H and O–H groups in total. The number of hydrogen-bond acceptors (Lipinski definition) is 4. The molecule has 5 heteroatoms. The Morgan fingerprint density at radius 2 is 1.76 bits per heavy atom. The Hall–Kier alpha value is -2.59. The third-order valence-corrected chi connectivity index (χ3v) is 4.16. The molecule has 128 valence electrons. The van der Waals surface area contributed by atoms with Crippen LogP contribution in [0.4, 0.5) is 17.3 Å². The lowest BCUT2D eigenvalue weighted by molar-refractivity contribution is 0.880. The van der Waals surface area contributed by atoms with Crippen LogP contribution >= 0.6 is 11.6 Å². The minimum atomic E-state index is 0.727. The zero-order valence-electron chi connectivity index (χ0n) is 14.6. The number of anilines is 3. The van der Waals surface area contributed by atoms with Crippen molar-refractivity contribution >= 4 is 28.9 Å². The highest BCUT2D eigenvalue weighted by molar-refractivity contribution is 6.30. The monoisotopic (exact) mass is 352 g/mol. The molecule has 0 aliphatic rings. The Bertz CT molecular complexity index is 865. The van der Waals surface area contributed by atoms with Gasteiger partial charge in [0.15, 0.2) is 0 Å². The molecule has 0 saturated carbocycles. The van der Waals surface area contributed by atoms with Crippen molar-refractivity contribution in [3.8, 4) is 0 Å². The van der Waals surface area contributed by atoms with Crippen LogP contribution in [0, 0.1) is 13.8 Å². The van der Waals surface area contributed by atoms with Crippen LogP contribution in [0.1, 0.15) is 17.0 Å². The second-order valence-corrected chi connectivity index (χ2v) is 6.52. The summed E-state index contributed by atoms with van der Waals surface area (Å²) in [4.78, 5) is 11.2. The summed E-state index contributed by atoms with van der Waals surface area (Å²) in [5.74, 6) is 2.38. The van der Waals surface area contributed by atoms with Crippen molar-refractivity contribution in [3.63, 3.8) is 0 Å². The quantitative estimate of drug-likeness (QED) is 0.691. The van der Waals surface area contributed by atoms with Crippen LogP contribution in [0.2, 0.25) is 5.02 Å². The van der Waals surface area contributed by atoms with Gasteiger partial charge in [-0.15, -0.1) is 0 Å². The second-order valence-electron chi connectivity index (χ2n) is 6.08. The van der Waals surface area contributed by atoms with E-state index in [9.17, 15) is 0 Å². The number of nitrogens with zero attached hydrogens (tertiary/aromatic N) is 3. The summed E-state index contributed by atoms with van der Waals surface area (Å²) in [6.07, 6.45) is 0. The topological polar surface area (TPSA) is 41.1 Å². The fourth-order valence-electron chi connectivity index (χ4n) is 2.66. The van der Waals surface area contributed by atoms with Crippen LogP contribution in [0.5, 0.6) is 0 Å². The van der Waals surface area contributed by atoms with Crippen LogP contribution in [-0.4, -0.2) is 17.0 Å². The Labute approximate surface area is 153 Å². The lowest BCUT2D eigenvalue weighted by atomic mass is 10.2. The van der Waals surface area contributed by atoms with Gasteiger partial charge in [0.05, 0.1) is 0 Å². The fourth-order valence-corrected chi connectivity index (χ4v) is 2.88. The maximum Gasteiger partial charge on any atom is 0.136 e. The molecule has 0 saturated heterocycles. The fraction of sp³-hybridized carbons (Fsp3) is 0.200. The molecule has 2 aromatic carbocycles. The smallest absolute Gasteiger partial charge is 0.136 e. The van der Waals surface area contributed by atoms with Crippen molar-refractivity contribution in [2.24, 2.45) is 0 Å². The molecule has 3 aromatic rings. The molecule has 1 aromatic heterocycles. The average molecular weight is 353 g/mol. The number of nitrogens with one attached hydrogen (secondary N) is 1. The highest BCUT2D eigenvalue weighted by Crippen LogP contribution is 2.24. The predicted molar refractivity (Wildman–Crippen MR) is 105 cm³/mol. The molecule has 0 atom stereocenters. The maximum atomic E-state index is 6.03. The molecule has 3 rings (SSSR count). The number of rotatable bonds is 5. The second kappa shape index (κ2) is 7.53. The van der Waals surface area contributed by atoms with Gasteiger partial charge in [-0.05, 0) is 43.2 Å². The van der Waals surface area contributed by atoms with Gasteiger partial charge in [0, 0.05) is 30.4 Å². The van der Waals surface area contributed by atoms with E-state index in [1.165, 1.54) is 5.56 Å². The Morgan fingerprint density at radius 3 is 2.48 bits per heavy atom. The van der Waals surface area contributed by atoms with E-state index in [0.717, 1.165) is 40.3 Å². The van der Waals surface area contributed by atoms with Gasteiger partial charge in [0.1, 0.15) is 17.5 Å². The number of aryl methyl sites for hydroxylation is 2. The summed E-state index contributed by atoms with van der Waals surface area (Å²) in [5.41, 5.74) is 3.30. The van der Waals surface area contributed by atoms with Crippen molar-refractivity contribution in [2.45, 2.75) is 20.4 Å². The van der Waals surface area contributed by atoms with Crippen molar-refractivity contribution < 1.29 is 0 Å². The van der Waals surface area contributed by atoms with Gasteiger partial charge in [-0.3, -0.25) is 0 Å². The van der Waals surface area contributed by atoms with E-state index in [-0.39, 0.29) is 0 Å². The first kappa shape index (κ1) is 17.2. The maximum absolute atomic E-state index is 6.03. The minimum absolute atomic E-state index is 0.727. The van der Waals surface area contributed by atoms with Gasteiger partial charge in [0.2, 0.25) is 0 Å². The number of benzene rings is 2. The molecule has 0 bridgehead atoms. The molecule has 0 unspecified atom stereocenters. The van der Waals surface area contributed by atoms with Crippen LogP contribution in [0.15, 0.2) is 54.6 Å². The van der Waals surface area contributed by atoms with Crippen molar-refractivity contribution in [1.82, 2.24) is 9.97 Å². The number of aromatic nitrogens is 2. The molecule has 0 radical (unpaired) electrons. The predicted octanol–water partition coefficient (Wildman–Crippen LogP) is 5.13. The first-order valence-corrected chi connectivity index (χ1v) is 8.53. The van der Waals surface area contributed by atoms with Crippen molar-refractivity contribution in [2.75, 3.05) is 17.3 Å². The normalized spacial score (nSPS) is 10.6. The van der Waals surface area contributed by atoms with E-state index in [1.54, 1.807) is 0 Å². The number of halogens is 1. The van der Waals surface area contributed by atoms with E-state index in [1.807, 2.05) is 63.4 Å². The van der Waals surface area contributed by atoms with Crippen molar-refractivity contribution in [1.29, 1.82) is 0 Å². The van der Waals surface area contributed by atoms with Crippen LogP contribution < -0.4 is 10.2 Å². The van der Waals surface area contributed by atoms with E-state index in [4.69, 9.17) is 11.6 Å². The zero-order valence-corrected chi connectivity index (χ0v) is 15.4. The third kappa shape index (κ3) is 4.48. The van der Waals surface area contributed by atoms with E-state index >= 15 is 0 Å². The Kier molecular flexibility index (Phi) is 5.19. The van der Waals surface area contributed by atoms with Crippen LogP contribution in [-0.2, 0) is 6.54 Å². The summed E-state index contributed by atoms with van der Waals surface area (Å²) >= 11 is 6.03. The highest BCUT2D eigenvalue weighted by atomic mass is 35.5. The largest absolute Gasteiger partial charge is 0.355 e. The molecule has 4 nitrogen and oxygen atoms in total. The average Bonchev–Trinajstić information content (AvgIpc) is 2.58. The highest BCUT2D eigenvalue weighted by Gasteiger charge is 2.09. The Balaban J connectivity index is 1.82. The van der Waals surface area contributed by atoms with Gasteiger partial charge < -0.3 is 10.2 Å². The standard InChI is InChI=1S/C20H21ClN4/c1-14-11-17(21)9-10-18(14)24-19-12-20(23-15(2)22-19)25(3)13-16-7-5-4-6-8-16/h4-12H,13H2,1-3H3,(H,22,23,24). The first-order valence-electron chi connectivity index (χ1n) is 8.15. The SMILES string of the molecule is Cc1nc(Nc2ccc(Cl)cc2C)cc(N(C)Cc2ccccc2)n1. The summed E-state index contributed by atoms with van der Waals surface area (Å²) in [6, 6.07) is 18.1. The lowest BCUT2D eigenvalue weighted by Crippen LogP contribution is -2.18. The zero-order chi connectivity index (χ0) is 17.8. The molecule has 1 heterocycles. The molecule has 0 aliphatic heterocycles. The first-order chi connectivity index (χ1) is 12.0. The molecule has 25 heavy (non-hydrogen) atoms. The molecule has 0 spiro atoms. The third-order valence-electron chi connectivity index (χ3n) is 3.93. The molecule has 0 amide bonds. The molecule has 0 aliphatic carbocycles.